The van der Waals surface area contributed by atoms with E-state index >= 15 is 0 Å². The molecule has 0 aliphatic heterocycles. The minimum Gasteiger partial charge on any atom is -0.299 e. The fraction of sp³-hybridized carbons (Fsp3) is 0.875. The van der Waals surface area contributed by atoms with Crippen LogP contribution in [0.5, 0.6) is 0 Å². The predicted molar refractivity (Wildman–Crippen MR) is 35.0 cm³/mol. The van der Waals surface area contributed by atoms with Gasteiger partial charge in [0.1, 0.15) is 5.78 Å². The standard InChI is InChI=1S/C8H12O/c1-5-3-7(9)6-4-8(5,6)2/h5-6H,3-4H2,1-2H3. The van der Waals surface area contributed by atoms with Crippen molar-refractivity contribution < 1.29 is 4.79 Å². The lowest BCUT2D eigenvalue weighted by atomic mass is 9.95. The molecule has 0 aromatic rings. The molecule has 3 atom stereocenters. The fourth-order valence-corrected chi connectivity index (χ4v) is 2.08. The van der Waals surface area contributed by atoms with Crippen LogP contribution in [0.25, 0.3) is 0 Å². The average Bonchev–Trinajstić information content (AvgIpc) is 2.38. The molecule has 50 valence electrons. The molecule has 1 nitrogen and oxygen atoms in total. The summed E-state index contributed by atoms with van der Waals surface area (Å²) in [5.41, 5.74) is 0.442. The summed E-state index contributed by atoms with van der Waals surface area (Å²) in [7, 11) is 0. The Bertz CT molecular complexity index is 173. The maximum absolute atomic E-state index is 11.0. The third-order valence-electron chi connectivity index (χ3n) is 3.30. The second kappa shape index (κ2) is 1.23. The smallest absolute Gasteiger partial charge is 0.136 e. The molecular formula is C8H12O. The van der Waals surface area contributed by atoms with E-state index < -0.39 is 0 Å². The zero-order valence-electron chi connectivity index (χ0n) is 5.98. The van der Waals surface area contributed by atoms with Gasteiger partial charge in [-0.25, -0.2) is 0 Å². The Hall–Kier alpha value is -0.330. The van der Waals surface area contributed by atoms with E-state index in [-0.39, 0.29) is 0 Å². The molecule has 0 aromatic carbocycles. The Morgan fingerprint density at radius 2 is 2.33 bits per heavy atom. The van der Waals surface area contributed by atoms with E-state index in [4.69, 9.17) is 0 Å². The first-order valence-electron chi connectivity index (χ1n) is 3.67. The van der Waals surface area contributed by atoms with E-state index in [2.05, 4.69) is 13.8 Å². The second-order valence-corrected chi connectivity index (χ2v) is 3.83. The number of carbonyl (C=O) groups is 1. The molecule has 9 heavy (non-hydrogen) atoms. The van der Waals surface area contributed by atoms with Crippen LogP contribution in [-0.4, -0.2) is 5.78 Å². The largest absolute Gasteiger partial charge is 0.299 e. The van der Waals surface area contributed by atoms with Crippen molar-refractivity contribution in [2.45, 2.75) is 26.7 Å². The number of hydrogen-bond acceptors (Lipinski definition) is 1. The van der Waals surface area contributed by atoms with Crippen LogP contribution in [0.2, 0.25) is 0 Å². The van der Waals surface area contributed by atoms with Gasteiger partial charge >= 0.3 is 0 Å². The Balaban J connectivity index is 2.28. The summed E-state index contributed by atoms with van der Waals surface area (Å²) in [5.74, 6) is 1.65. The van der Waals surface area contributed by atoms with Crippen molar-refractivity contribution in [2.75, 3.05) is 0 Å². The van der Waals surface area contributed by atoms with Crippen molar-refractivity contribution in [2.24, 2.45) is 17.3 Å². The molecule has 0 heterocycles. The Morgan fingerprint density at radius 1 is 1.67 bits per heavy atom. The molecule has 0 saturated heterocycles. The van der Waals surface area contributed by atoms with Crippen molar-refractivity contribution in [1.29, 1.82) is 0 Å². The first-order valence-corrected chi connectivity index (χ1v) is 3.67. The van der Waals surface area contributed by atoms with Gasteiger partial charge in [-0.3, -0.25) is 4.79 Å². The molecule has 0 N–H and O–H groups in total. The summed E-state index contributed by atoms with van der Waals surface area (Å²) >= 11 is 0. The Morgan fingerprint density at radius 3 is 2.44 bits per heavy atom. The van der Waals surface area contributed by atoms with Crippen molar-refractivity contribution in [1.82, 2.24) is 0 Å². The highest BCUT2D eigenvalue weighted by molar-refractivity contribution is 5.88. The van der Waals surface area contributed by atoms with Gasteiger partial charge in [-0.1, -0.05) is 13.8 Å². The minimum atomic E-state index is 0.442. The van der Waals surface area contributed by atoms with Gasteiger partial charge < -0.3 is 0 Å². The molecule has 0 radical (unpaired) electrons. The highest BCUT2D eigenvalue weighted by Gasteiger charge is 2.62. The second-order valence-electron chi connectivity index (χ2n) is 3.83. The van der Waals surface area contributed by atoms with Gasteiger partial charge in [0.15, 0.2) is 0 Å². The summed E-state index contributed by atoms with van der Waals surface area (Å²) in [6.45, 7) is 4.44. The average molecular weight is 124 g/mol. The van der Waals surface area contributed by atoms with Gasteiger partial charge in [-0.15, -0.1) is 0 Å². The van der Waals surface area contributed by atoms with Gasteiger partial charge in [0.25, 0.3) is 0 Å². The molecule has 2 rings (SSSR count). The fourth-order valence-electron chi connectivity index (χ4n) is 2.08. The van der Waals surface area contributed by atoms with Gasteiger partial charge in [0.05, 0.1) is 0 Å². The normalized spacial score (nSPS) is 55.6. The van der Waals surface area contributed by atoms with Crippen LogP contribution in [0.15, 0.2) is 0 Å². The molecule has 1 heteroatoms. The highest BCUT2D eigenvalue weighted by Crippen LogP contribution is 2.64. The topological polar surface area (TPSA) is 17.1 Å². The zero-order chi connectivity index (χ0) is 6.65. The number of ketones is 1. The maximum atomic E-state index is 11.0. The quantitative estimate of drug-likeness (QED) is 0.479. The highest BCUT2D eigenvalue weighted by atomic mass is 16.1. The van der Waals surface area contributed by atoms with Gasteiger partial charge in [-0.05, 0) is 17.8 Å². The summed E-state index contributed by atoms with van der Waals surface area (Å²) < 4.78 is 0. The molecule has 2 saturated carbocycles. The molecule has 0 spiro atoms. The summed E-state index contributed by atoms with van der Waals surface area (Å²) in [4.78, 5) is 11.0. The van der Waals surface area contributed by atoms with Crippen LogP contribution in [0.4, 0.5) is 0 Å². The van der Waals surface area contributed by atoms with Crippen molar-refractivity contribution in [3.8, 4) is 0 Å². The summed E-state index contributed by atoms with van der Waals surface area (Å²) in [6, 6.07) is 0. The van der Waals surface area contributed by atoms with Crippen molar-refractivity contribution in [3.05, 3.63) is 0 Å². The maximum Gasteiger partial charge on any atom is 0.136 e. The molecule has 0 amide bonds. The van der Waals surface area contributed by atoms with Gasteiger partial charge in [0, 0.05) is 12.3 Å². The van der Waals surface area contributed by atoms with E-state index in [1.165, 1.54) is 6.42 Å². The van der Waals surface area contributed by atoms with Gasteiger partial charge in [-0.2, -0.15) is 0 Å². The third kappa shape index (κ3) is 0.480. The van der Waals surface area contributed by atoms with Crippen LogP contribution >= 0.6 is 0 Å². The number of rotatable bonds is 0. The number of Topliss-reactive ketones (excluding diaryl/α,β-unsaturated/α-hetero) is 1. The number of carbonyl (C=O) groups excluding carboxylic acids is 1. The molecule has 3 unspecified atom stereocenters. The predicted octanol–water partition coefficient (Wildman–Crippen LogP) is 1.62. The SMILES string of the molecule is CC1CC(=O)C2CC12C. The van der Waals surface area contributed by atoms with E-state index in [0.29, 0.717) is 23.0 Å². The molecule has 2 aliphatic carbocycles. The van der Waals surface area contributed by atoms with Crippen molar-refractivity contribution in [3.63, 3.8) is 0 Å². The van der Waals surface area contributed by atoms with Crippen LogP contribution in [-0.2, 0) is 4.79 Å². The lowest BCUT2D eigenvalue weighted by Crippen LogP contribution is -2.03. The molecule has 0 bridgehead atoms. The first-order chi connectivity index (χ1) is 4.14. The van der Waals surface area contributed by atoms with Crippen LogP contribution < -0.4 is 0 Å². The molecule has 2 aliphatic rings. The van der Waals surface area contributed by atoms with E-state index in [0.717, 1.165) is 6.42 Å². The first kappa shape index (κ1) is 5.45. The van der Waals surface area contributed by atoms with Crippen molar-refractivity contribution >= 4 is 5.78 Å². The monoisotopic (exact) mass is 124 g/mol. The Labute approximate surface area is 55.4 Å². The van der Waals surface area contributed by atoms with E-state index in [9.17, 15) is 4.79 Å². The van der Waals surface area contributed by atoms with Crippen LogP contribution in [0.1, 0.15) is 26.7 Å². The minimum absolute atomic E-state index is 0.442. The van der Waals surface area contributed by atoms with Crippen LogP contribution in [0, 0.1) is 17.3 Å². The van der Waals surface area contributed by atoms with E-state index in [1.807, 2.05) is 0 Å². The Kier molecular flexibility index (Phi) is 0.744. The van der Waals surface area contributed by atoms with E-state index in [1.54, 1.807) is 0 Å². The third-order valence-corrected chi connectivity index (χ3v) is 3.30. The number of hydrogen-bond donors (Lipinski definition) is 0. The summed E-state index contributed by atoms with van der Waals surface area (Å²) in [5, 5.41) is 0. The molecular weight excluding hydrogens is 112 g/mol. The lowest BCUT2D eigenvalue weighted by molar-refractivity contribution is -0.119. The zero-order valence-corrected chi connectivity index (χ0v) is 5.98. The number of fused-ring (bicyclic) bond motifs is 1. The van der Waals surface area contributed by atoms with Crippen LogP contribution in [0.3, 0.4) is 0 Å². The van der Waals surface area contributed by atoms with Gasteiger partial charge in [0.2, 0.25) is 0 Å². The molecule has 2 fully saturated rings. The lowest BCUT2D eigenvalue weighted by Gasteiger charge is -2.09. The summed E-state index contributed by atoms with van der Waals surface area (Å²) in [6.07, 6.45) is 2.02. The molecule has 0 aromatic heterocycles.